The second-order valence-electron chi connectivity index (χ2n) is 6.93. The molecule has 0 aromatic carbocycles. The highest BCUT2D eigenvalue weighted by atomic mass is 32.1. The minimum Gasteiger partial charge on any atom is -0.340 e. The molecule has 1 aliphatic carbocycles. The van der Waals surface area contributed by atoms with Crippen LogP contribution in [0.25, 0.3) is 0 Å². The van der Waals surface area contributed by atoms with Crippen molar-refractivity contribution in [2.24, 2.45) is 5.92 Å². The van der Waals surface area contributed by atoms with Crippen molar-refractivity contribution in [1.29, 1.82) is 0 Å². The Bertz CT molecular complexity index is 502. The Morgan fingerprint density at radius 3 is 2.65 bits per heavy atom. The summed E-state index contributed by atoms with van der Waals surface area (Å²) in [5.41, 5.74) is 1.19. The second kappa shape index (κ2) is 8.25. The lowest BCUT2D eigenvalue weighted by Crippen LogP contribution is -2.48. The van der Waals surface area contributed by atoms with Crippen LogP contribution in [0.1, 0.15) is 56.2 Å². The van der Waals surface area contributed by atoms with Crippen LogP contribution in [0, 0.1) is 5.92 Å². The molecule has 0 radical (unpaired) electrons. The molecule has 0 N–H and O–H groups in total. The van der Waals surface area contributed by atoms with Crippen LogP contribution in [0.15, 0.2) is 5.38 Å². The molecule has 5 heteroatoms. The average Bonchev–Trinajstić information content (AvgIpc) is 3.25. The number of carbonyl (C=O) groups is 1. The first-order valence-electron chi connectivity index (χ1n) is 9.18. The third-order valence-electron chi connectivity index (χ3n) is 5.25. The van der Waals surface area contributed by atoms with E-state index in [1.54, 1.807) is 11.3 Å². The average molecular weight is 336 g/mol. The van der Waals surface area contributed by atoms with Gasteiger partial charge >= 0.3 is 0 Å². The lowest BCUT2D eigenvalue weighted by atomic mass is 10.0. The van der Waals surface area contributed by atoms with Crippen LogP contribution in [0.5, 0.6) is 0 Å². The maximum atomic E-state index is 12.4. The fraction of sp³-hybridized carbons (Fsp3) is 0.778. The van der Waals surface area contributed by atoms with Crippen molar-refractivity contribution in [3.05, 3.63) is 16.1 Å². The molecule has 2 heterocycles. The fourth-order valence-electron chi connectivity index (χ4n) is 3.75. The molecule has 1 saturated carbocycles. The molecule has 0 unspecified atom stereocenters. The summed E-state index contributed by atoms with van der Waals surface area (Å²) in [6.07, 6.45) is 8.31. The predicted molar refractivity (Wildman–Crippen MR) is 94.5 cm³/mol. The number of aromatic nitrogens is 1. The summed E-state index contributed by atoms with van der Waals surface area (Å²) in [6, 6.07) is 0. The number of hydrogen-bond acceptors (Lipinski definition) is 4. The molecule has 3 rings (SSSR count). The zero-order valence-electron chi connectivity index (χ0n) is 14.3. The molecule has 0 spiro atoms. The summed E-state index contributed by atoms with van der Waals surface area (Å²) in [5, 5.41) is 3.40. The Morgan fingerprint density at radius 2 is 2.00 bits per heavy atom. The number of aryl methyl sites for hydroxylation is 1. The number of piperazine rings is 1. The zero-order chi connectivity index (χ0) is 16.1. The lowest BCUT2D eigenvalue weighted by Gasteiger charge is -2.34. The summed E-state index contributed by atoms with van der Waals surface area (Å²) >= 11 is 1.76. The molecule has 2 aliphatic rings. The first-order valence-corrected chi connectivity index (χ1v) is 10.1. The van der Waals surface area contributed by atoms with Crippen molar-refractivity contribution in [3.63, 3.8) is 0 Å². The molecule has 4 nitrogen and oxygen atoms in total. The topological polar surface area (TPSA) is 36.4 Å². The van der Waals surface area contributed by atoms with Crippen molar-refractivity contribution < 1.29 is 4.79 Å². The molecule has 2 fully saturated rings. The van der Waals surface area contributed by atoms with Gasteiger partial charge in [-0.2, -0.15) is 0 Å². The Labute approximate surface area is 143 Å². The van der Waals surface area contributed by atoms with Gasteiger partial charge < -0.3 is 4.90 Å². The van der Waals surface area contributed by atoms with Gasteiger partial charge in [0, 0.05) is 44.5 Å². The van der Waals surface area contributed by atoms with Crippen LogP contribution in [0.4, 0.5) is 0 Å². The van der Waals surface area contributed by atoms with E-state index in [0.717, 1.165) is 57.9 Å². The van der Waals surface area contributed by atoms with E-state index in [-0.39, 0.29) is 0 Å². The van der Waals surface area contributed by atoms with Gasteiger partial charge in [-0.05, 0) is 18.8 Å². The first-order chi connectivity index (χ1) is 11.2. The van der Waals surface area contributed by atoms with E-state index >= 15 is 0 Å². The largest absolute Gasteiger partial charge is 0.340 e. The van der Waals surface area contributed by atoms with Gasteiger partial charge in [0.15, 0.2) is 0 Å². The molecule has 0 atom stereocenters. The Hall–Kier alpha value is -0.940. The highest BCUT2D eigenvalue weighted by Crippen LogP contribution is 2.28. The van der Waals surface area contributed by atoms with Gasteiger partial charge in [-0.3, -0.25) is 9.69 Å². The third-order valence-corrected chi connectivity index (χ3v) is 6.30. The SMILES string of the molecule is CCc1nc(CN2CCN(C(=O)CCC3CCCC3)CC2)cs1. The Kier molecular flexibility index (Phi) is 6.06. The normalized spacial score (nSPS) is 20.3. The van der Waals surface area contributed by atoms with Crippen LogP contribution >= 0.6 is 11.3 Å². The summed E-state index contributed by atoms with van der Waals surface area (Å²) in [6.45, 7) is 6.81. The van der Waals surface area contributed by atoms with E-state index < -0.39 is 0 Å². The van der Waals surface area contributed by atoms with Crippen LogP contribution in [-0.4, -0.2) is 46.9 Å². The minimum atomic E-state index is 0.374. The lowest BCUT2D eigenvalue weighted by molar-refractivity contribution is -0.133. The molecule has 1 saturated heterocycles. The zero-order valence-corrected chi connectivity index (χ0v) is 15.1. The van der Waals surface area contributed by atoms with Crippen molar-refractivity contribution >= 4 is 17.2 Å². The number of thiazole rings is 1. The molecule has 0 bridgehead atoms. The summed E-state index contributed by atoms with van der Waals surface area (Å²) < 4.78 is 0. The van der Waals surface area contributed by atoms with Crippen LogP contribution in [-0.2, 0) is 17.8 Å². The van der Waals surface area contributed by atoms with E-state index in [1.807, 2.05) is 0 Å². The van der Waals surface area contributed by atoms with Crippen LogP contribution in [0.2, 0.25) is 0 Å². The molecule has 1 aromatic rings. The maximum absolute atomic E-state index is 12.4. The van der Waals surface area contributed by atoms with Gasteiger partial charge in [0.05, 0.1) is 10.7 Å². The summed E-state index contributed by atoms with van der Waals surface area (Å²) in [4.78, 5) is 21.5. The number of amides is 1. The minimum absolute atomic E-state index is 0.374. The van der Waals surface area contributed by atoms with Crippen LogP contribution in [0.3, 0.4) is 0 Å². The number of carbonyl (C=O) groups excluding carboxylic acids is 1. The van der Waals surface area contributed by atoms with Gasteiger partial charge in [-0.1, -0.05) is 32.6 Å². The van der Waals surface area contributed by atoms with Crippen molar-refractivity contribution in [2.45, 2.75) is 58.4 Å². The Balaban J connectivity index is 1.38. The van der Waals surface area contributed by atoms with Crippen molar-refractivity contribution in [1.82, 2.24) is 14.8 Å². The van der Waals surface area contributed by atoms with Gasteiger partial charge in [-0.25, -0.2) is 4.98 Å². The molecule has 1 aliphatic heterocycles. The van der Waals surface area contributed by atoms with Gasteiger partial charge in [0.2, 0.25) is 5.91 Å². The maximum Gasteiger partial charge on any atom is 0.222 e. The van der Waals surface area contributed by atoms with Crippen molar-refractivity contribution in [2.75, 3.05) is 26.2 Å². The molecule has 23 heavy (non-hydrogen) atoms. The van der Waals surface area contributed by atoms with E-state index in [1.165, 1.54) is 36.4 Å². The Morgan fingerprint density at radius 1 is 1.26 bits per heavy atom. The van der Waals surface area contributed by atoms with Gasteiger partial charge in [0.25, 0.3) is 0 Å². The van der Waals surface area contributed by atoms with Crippen molar-refractivity contribution in [3.8, 4) is 0 Å². The standard InChI is InChI=1S/C18H29N3OS/c1-2-17-19-16(14-23-17)13-20-9-11-21(12-10-20)18(22)8-7-15-5-3-4-6-15/h14-15H,2-13H2,1H3. The molecule has 128 valence electrons. The quantitative estimate of drug-likeness (QED) is 0.800. The first kappa shape index (κ1) is 16.9. The fourth-order valence-corrected chi connectivity index (χ4v) is 4.49. The molecule has 1 amide bonds. The third kappa shape index (κ3) is 4.77. The number of hydrogen-bond donors (Lipinski definition) is 0. The molecule has 1 aromatic heterocycles. The molecular weight excluding hydrogens is 306 g/mol. The number of nitrogens with zero attached hydrogens (tertiary/aromatic N) is 3. The van der Waals surface area contributed by atoms with E-state index in [4.69, 9.17) is 0 Å². The van der Waals surface area contributed by atoms with E-state index in [2.05, 4.69) is 27.1 Å². The smallest absolute Gasteiger partial charge is 0.222 e. The van der Waals surface area contributed by atoms with Gasteiger partial charge in [-0.15, -0.1) is 11.3 Å². The highest BCUT2D eigenvalue weighted by Gasteiger charge is 2.23. The summed E-state index contributed by atoms with van der Waals surface area (Å²) in [7, 11) is 0. The van der Waals surface area contributed by atoms with Crippen LogP contribution < -0.4 is 0 Å². The molecular formula is C18H29N3OS. The highest BCUT2D eigenvalue weighted by molar-refractivity contribution is 7.09. The van der Waals surface area contributed by atoms with Gasteiger partial charge in [0.1, 0.15) is 0 Å². The van der Waals surface area contributed by atoms with E-state index in [0.29, 0.717) is 5.91 Å². The summed E-state index contributed by atoms with van der Waals surface area (Å²) in [5.74, 6) is 1.19. The predicted octanol–water partition coefficient (Wildman–Crippen LogP) is 3.32. The van der Waals surface area contributed by atoms with E-state index in [9.17, 15) is 4.79 Å². The monoisotopic (exact) mass is 335 g/mol. The second-order valence-corrected chi connectivity index (χ2v) is 7.87. The number of rotatable bonds is 6.